The molecule has 1 unspecified atom stereocenters. The monoisotopic (exact) mass is 461 g/mol. The van der Waals surface area contributed by atoms with E-state index in [2.05, 4.69) is 11.6 Å². The second-order valence-corrected chi connectivity index (χ2v) is 7.98. The third kappa shape index (κ3) is 5.96. The van der Waals surface area contributed by atoms with Crippen molar-refractivity contribution in [3.8, 4) is 17.2 Å². The van der Waals surface area contributed by atoms with Crippen LogP contribution in [0, 0.1) is 0 Å². The summed E-state index contributed by atoms with van der Waals surface area (Å²) in [6.45, 7) is 5.85. The van der Waals surface area contributed by atoms with E-state index in [1.807, 2.05) is 60.7 Å². The molecule has 1 aromatic heterocycles. The lowest BCUT2D eigenvalue weighted by atomic mass is 10.2. The lowest BCUT2D eigenvalue weighted by molar-refractivity contribution is 0.187. The maximum absolute atomic E-state index is 9.53. The van der Waals surface area contributed by atoms with Gasteiger partial charge in [-0.15, -0.1) is 0 Å². The van der Waals surface area contributed by atoms with E-state index in [4.69, 9.17) is 25.8 Å². The number of hydrogen-bond acceptors (Lipinski definition) is 5. The molecule has 0 amide bonds. The maximum atomic E-state index is 9.53. The number of benzene rings is 3. The van der Waals surface area contributed by atoms with Crippen molar-refractivity contribution in [1.82, 2.24) is 4.98 Å². The standard InChI is InChI=1S/C27H24ClNO4/c1-18(30)19(2)33-27-14-8-22(28)15-21(27)16-31-24-10-12-25(13-11-24)32-17-23-9-7-20-5-3-4-6-26(20)29-23/h3-15,19,30H,1,16-17H2,2H3. The smallest absolute Gasteiger partial charge is 0.152 e. The van der Waals surface area contributed by atoms with Crippen LogP contribution in [-0.4, -0.2) is 16.2 Å². The average Bonchev–Trinajstić information content (AvgIpc) is 2.83. The molecule has 168 valence electrons. The molecule has 1 N–H and O–H groups in total. The van der Waals surface area contributed by atoms with Crippen LogP contribution in [0.1, 0.15) is 18.2 Å². The first-order valence-corrected chi connectivity index (χ1v) is 10.9. The van der Waals surface area contributed by atoms with Gasteiger partial charge in [-0.05, 0) is 61.5 Å². The number of aliphatic hydroxyl groups excluding tert-OH is 1. The summed E-state index contributed by atoms with van der Waals surface area (Å²) in [6, 6.07) is 24.6. The number of rotatable bonds is 9. The fraction of sp³-hybridized carbons (Fsp3) is 0.148. The Balaban J connectivity index is 1.36. The van der Waals surface area contributed by atoms with E-state index >= 15 is 0 Å². The number of nitrogens with zero attached hydrogens (tertiary/aromatic N) is 1. The van der Waals surface area contributed by atoms with Gasteiger partial charge in [-0.25, -0.2) is 4.98 Å². The predicted octanol–water partition coefficient (Wildman–Crippen LogP) is 6.89. The van der Waals surface area contributed by atoms with Gasteiger partial charge in [0, 0.05) is 16.0 Å². The quantitative estimate of drug-likeness (QED) is 0.275. The maximum Gasteiger partial charge on any atom is 0.152 e. The molecule has 5 nitrogen and oxygen atoms in total. The summed E-state index contributed by atoms with van der Waals surface area (Å²) in [7, 11) is 0. The van der Waals surface area contributed by atoms with Crippen molar-refractivity contribution in [2.75, 3.05) is 0 Å². The zero-order valence-corrected chi connectivity index (χ0v) is 19.0. The van der Waals surface area contributed by atoms with Gasteiger partial charge in [-0.1, -0.05) is 42.4 Å². The summed E-state index contributed by atoms with van der Waals surface area (Å²) in [5.74, 6) is 1.92. The van der Waals surface area contributed by atoms with E-state index < -0.39 is 6.10 Å². The Morgan fingerprint density at radius 1 is 0.939 bits per heavy atom. The summed E-state index contributed by atoms with van der Waals surface area (Å²) in [5.41, 5.74) is 2.57. The molecular formula is C27H24ClNO4. The van der Waals surface area contributed by atoms with Crippen LogP contribution >= 0.6 is 11.6 Å². The van der Waals surface area contributed by atoms with Crippen LogP contribution in [0.3, 0.4) is 0 Å². The molecule has 0 fully saturated rings. The van der Waals surface area contributed by atoms with Gasteiger partial charge in [0.05, 0.1) is 11.2 Å². The minimum absolute atomic E-state index is 0.0497. The van der Waals surface area contributed by atoms with Crippen molar-refractivity contribution in [3.63, 3.8) is 0 Å². The number of aliphatic hydroxyl groups is 1. The van der Waals surface area contributed by atoms with E-state index in [-0.39, 0.29) is 12.4 Å². The second kappa shape index (κ2) is 10.3. The highest BCUT2D eigenvalue weighted by Gasteiger charge is 2.12. The molecule has 1 heterocycles. The Labute approximate surface area is 197 Å². The average molecular weight is 462 g/mol. The number of pyridine rings is 1. The van der Waals surface area contributed by atoms with Gasteiger partial charge >= 0.3 is 0 Å². The zero-order chi connectivity index (χ0) is 23.2. The van der Waals surface area contributed by atoms with Crippen molar-refractivity contribution in [2.45, 2.75) is 26.2 Å². The van der Waals surface area contributed by atoms with Crippen LogP contribution in [0.25, 0.3) is 10.9 Å². The van der Waals surface area contributed by atoms with Gasteiger partial charge in [0.1, 0.15) is 36.2 Å². The van der Waals surface area contributed by atoms with Gasteiger partial charge in [-0.2, -0.15) is 0 Å². The molecular weight excluding hydrogens is 438 g/mol. The SMILES string of the molecule is C=C(O)C(C)Oc1ccc(Cl)cc1COc1ccc(OCc2ccc3ccccc3n2)cc1. The van der Waals surface area contributed by atoms with E-state index in [0.717, 1.165) is 27.9 Å². The predicted molar refractivity (Wildman–Crippen MR) is 130 cm³/mol. The Hall–Kier alpha value is -3.70. The lowest BCUT2D eigenvalue weighted by Crippen LogP contribution is -2.15. The third-order valence-corrected chi connectivity index (χ3v) is 5.29. The summed E-state index contributed by atoms with van der Waals surface area (Å²) in [6.07, 6.45) is -0.543. The van der Waals surface area contributed by atoms with Gasteiger partial charge in [-0.3, -0.25) is 0 Å². The highest BCUT2D eigenvalue weighted by Crippen LogP contribution is 2.27. The van der Waals surface area contributed by atoms with Gasteiger partial charge in [0.15, 0.2) is 6.10 Å². The molecule has 0 spiro atoms. The largest absolute Gasteiger partial charge is 0.509 e. The molecule has 0 aliphatic rings. The molecule has 3 aromatic carbocycles. The molecule has 4 aromatic rings. The van der Waals surface area contributed by atoms with Crippen LogP contribution < -0.4 is 14.2 Å². The van der Waals surface area contributed by atoms with E-state index in [9.17, 15) is 5.11 Å². The van der Waals surface area contributed by atoms with Gasteiger partial charge in [0.2, 0.25) is 0 Å². The Kier molecular flexibility index (Phi) is 7.01. The number of para-hydroxylation sites is 1. The normalized spacial score (nSPS) is 11.7. The van der Waals surface area contributed by atoms with Crippen molar-refractivity contribution in [2.24, 2.45) is 0 Å². The fourth-order valence-corrected chi connectivity index (χ4v) is 3.37. The first-order valence-electron chi connectivity index (χ1n) is 10.5. The van der Waals surface area contributed by atoms with Crippen LogP contribution in [0.2, 0.25) is 5.02 Å². The minimum atomic E-state index is -0.543. The minimum Gasteiger partial charge on any atom is -0.509 e. The number of ether oxygens (including phenoxy) is 3. The number of aromatic nitrogens is 1. The molecule has 6 heteroatoms. The molecule has 4 rings (SSSR count). The van der Waals surface area contributed by atoms with Crippen molar-refractivity contribution >= 4 is 22.5 Å². The Bertz CT molecular complexity index is 1260. The first-order chi connectivity index (χ1) is 16.0. The second-order valence-electron chi connectivity index (χ2n) is 7.55. The van der Waals surface area contributed by atoms with E-state index in [1.165, 1.54) is 0 Å². The van der Waals surface area contributed by atoms with Crippen LogP contribution in [0.5, 0.6) is 17.2 Å². The molecule has 0 radical (unpaired) electrons. The molecule has 0 aliphatic carbocycles. The molecule has 33 heavy (non-hydrogen) atoms. The summed E-state index contributed by atoms with van der Waals surface area (Å²) in [5, 5.41) is 11.2. The molecule has 0 bridgehead atoms. The van der Waals surface area contributed by atoms with Crippen molar-refractivity contribution < 1.29 is 19.3 Å². The summed E-state index contributed by atoms with van der Waals surface area (Å²) < 4.78 is 17.5. The lowest BCUT2D eigenvalue weighted by Gasteiger charge is -2.17. The molecule has 0 saturated heterocycles. The molecule has 1 atom stereocenters. The van der Waals surface area contributed by atoms with E-state index in [1.54, 1.807) is 25.1 Å². The highest BCUT2D eigenvalue weighted by molar-refractivity contribution is 6.30. The summed E-state index contributed by atoms with van der Waals surface area (Å²) >= 11 is 6.14. The van der Waals surface area contributed by atoms with Gasteiger partial charge < -0.3 is 19.3 Å². The van der Waals surface area contributed by atoms with Crippen molar-refractivity contribution in [3.05, 3.63) is 107 Å². The Morgan fingerprint density at radius 3 is 2.36 bits per heavy atom. The topological polar surface area (TPSA) is 60.8 Å². The first kappa shape index (κ1) is 22.5. The highest BCUT2D eigenvalue weighted by atomic mass is 35.5. The fourth-order valence-electron chi connectivity index (χ4n) is 3.17. The van der Waals surface area contributed by atoms with Crippen LogP contribution in [0.15, 0.2) is 91.2 Å². The molecule has 0 saturated carbocycles. The van der Waals surface area contributed by atoms with E-state index in [0.29, 0.717) is 23.1 Å². The number of hydrogen-bond donors (Lipinski definition) is 1. The number of fused-ring (bicyclic) bond motifs is 1. The summed E-state index contributed by atoms with van der Waals surface area (Å²) in [4.78, 5) is 4.62. The zero-order valence-electron chi connectivity index (χ0n) is 18.2. The number of halogens is 1. The van der Waals surface area contributed by atoms with Crippen LogP contribution in [0.4, 0.5) is 0 Å². The van der Waals surface area contributed by atoms with Crippen LogP contribution in [-0.2, 0) is 13.2 Å². The van der Waals surface area contributed by atoms with Crippen molar-refractivity contribution in [1.29, 1.82) is 0 Å². The molecule has 0 aliphatic heterocycles. The third-order valence-electron chi connectivity index (χ3n) is 5.06. The Morgan fingerprint density at radius 2 is 1.64 bits per heavy atom. The van der Waals surface area contributed by atoms with Gasteiger partial charge in [0.25, 0.3) is 0 Å².